The van der Waals surface area contributed by atoms with Gasteiger partial charge >= 0.3 is 0 Å². The Labute approximate surface area is 116 Å². The molecule has 98 valence electrons. The maximum atomic E-state index is 11.5. The van der Waals surface area contributed by atoms with Crippen LogP contribution in [-0.4, -0.2) is 22.8 Å². The van der Waals surface area contributed by atoms with Crippen LogP contribution in [0, 0.1) is 0 Å². The van der Waals surface area contributed by atoms with Crippen molar-refractivity contribution in [3.63, 3.8) is 0 Å². The lowest BCUT2D eigenvalue weighted by Gasteiger charge is -2.09. The third-order valence-electron chi connectivity index (χ3n) is 2.73. The predicted molar refractivity (Wildman–Crippen MR) is 74.0 cm³/mol. The Balaban J connectivity index is 1.88. The zero-order chi connectivity index (χ0) is 13.1. The smallest absolute Gasteiger partial charge is 0.230 e. The van der Waals surface area contributed by atoms with Crippen LogP contribution in [0.3, 0.4) is 0 Å². The minimum atomic E-state index is -0.574. The molecule has 18 heavy (non-hydrogen) atoms. The minimum absolute atomic E-state index is 0.0678. The number of rotatable bonds is 5. The molecule has 1 unspecified atom stereocenters. The van der Waals surface area contributed by atoms with Crippen molar-refractivity contribution in [3.8, 4) is 0 Å². The molecule has 0 aliphatic heterocycles. The van der Waals surface area contributed by atoms with E-state index in [1.807, 2.05) is 6.07 Å². The quantitative estimate of drug-likeness (QED) is 0.818. The molecule has 1 aromatic rings. The van der Waals surface area contributed by atoms with Crippen molar-refractivity contribution in [3.05, 3.63) is 28.8 Å². The second kappa shape index (κ2) is 5.95. The topological polar surface area (TPSA) is 49.3 Å². The van der Waals surface area contributed by atoms with Gasteiger partial charge in [0.05, 0.1) is 11.9 Å². The second-order valence-corrected chi connectivity index (χ2v) is 5.95. The third kappa shape index (κ3) is 3.90. The standard InChI is InChI=1S/C13H16ClNO2S/c1-8(16)11-5-4-10(6-12(11)14)18-7-13(17)15-9-2-3-9/h4-6,8-9,16H,2-3,7H2,1H3,(H,15,17). The van der Waals surface area contributed by atoms with Crippen LogP contribution in [0.4, 0.5) is 0 Å². The van der Waals surface area contributed by atoms with Gasteiger partial charge in [-0.15, -0.1) is 11.8 Å². The fourth-order valence-electron chi connectivity index (χ4n) is 1.58. The van der Waals surface area contributed by atoms with E-state index in [4.69, 9.17) is 11.6 Å². The van der Waals surface area contributed by atoms with Crippen molar-refractivity contribution in [2.75, 3.05) is 5.75 Å². The summed E-state index contributed by atoms with van der Waals surface area (Å²) in [5, 5.41) is 12.9. The monoisotopic (exact) mass is 285 g/mol. The average molecular weight is 286 g/mol. The summed E-state index contributed by atoms with van der Waals surface area (Å²) in [6.45, 7) is 1.68. The Bertz CT molecular complexity index is 447. The van der Waals surface area contributed by atoms with Crippen LogP contribution >= 0.6 is 23.4 Å². The van der Waals surface area contributed by atoms with E-state index in [0.717, 1.165) is 17.7 Å². The summed E-state index contributed by atoms with van der Waals surface area (Å²) in [4.78, 5) is 12.5. The number of carbonyl (C=O) groups excluding carboxylic acids is 1. The molecule has 0 aromatic heterocycles. The highest BCUT2D eigenvalue weighted by molar-refractivity contribution is 8.00. The van der Waals surface area contributed by atoms with Gasteiger partial charge in [0.15, 0.2) is 0 Å². The molecule has 0 bridgehead atoms. The first-order valence-corrected chi connectivity index (χ1v) is 7.32. The summed E-state index contributed by atoms with van der Waals surface area (Å²) in [5.74, 6) is 0.471. The van der Waals surface area contributed by atoms with Crippen LogP contribution in [-0.2, 0) is 4.79 Å². The lowest BCUT2D eigenvalue weighted by Crippen LogP contribution is -2.26. The highest BCUT2D eigenvalue weighted by Gasteiger charge is 2.23. The summed E-state index contributed by atoms with van der Waals surface area (Å²) < 4.78 is 0. The molecule has 0 heterocycles. The van der Waals surface area contributed by atoms with Crippen LogP contribution in [0.15, 0.2) is 23.1 Å². The number of aliphatic hydroxyl groups excluding tert-OH is 1. The zero-order valence-corrected chi connectivity index (χ0v) is 11.7. The summed E-state index contributed by atoms with van der Waals surface area (Å²) >= 11 is 7.51. The number of halogens is 1. The summed E-state index contributed by atoms with van der Waals surface area (Å²) in [7, 11) is 0. The Morgan fingerprint density at radius 1 is 1.61 bits per heavy atom. The Hall–Kier alpha value is -0.710. The van der Waals surface area contributed by atoms with Crippen molar-refractivity contribution in [1.29, 1.82) is 0 Å². The number of amides is 1. The number of hydrogen-bond acceptors (Lipinski definition) is 3. The number of benzene rings is 1. The van der Waals surface area contributed by atoms with E-state index in [1.54, 1.807) is 19.1 Å². The first kappa shape index (κ1) is 13.7. The van der Waals surface area contributed by atoms with Gasteiger partial charge in [-0.1, -0.05) is 17.7 Å². The van der Waals surface area contributed by atoms with Crippen LogP contribution in [0.5, 0.6) is 0 Å². The normalized spacial score (nSPS) is 16.4. The first-order valence-electron chi connectivity index (χ1n) is 5.96. The molecule has 1 aliphatic carbocycles. The van der Waals surface area contributed by atoms with E-state index in [2.05, 4.69) is 5.32 Å². The lowest BCUT2D eigenvalue weighted by molar-refractivity contribution is -0.118. The molecule has 1 aliphatic rings. The maximum absolute atomic E-state index is 11.5. The summed E-state index contributed by atoms with van der Waals surface area (Å²) in [6, 6.07) is 5.87. The van der Waals surface area contributed by atoms with Crippen molar-refractivity contribution >= 4 is 29.3 Å². The number of aliphatic hydroxyl groups is 1. The molecule has 1 atom stereocenters. The van der Waals surface area contributed by atoms with Crippen molar-refractivity contribution in [2.24, 2.45) is 0 Å². The lowest BCUT2D eigenvalue weighted by atomic mass is 10.1. The molecule has 0 radical (unpaired) electrons. The summed E-state index contributed by atoms with van der Waals surface area (Å²) in [6.07, 6.45) is 1.63. The maximum Gasteiger partial charge on any atom is 0.230 e. The van der Waals surface area contributed by atoms with Crippen LogP contribution in [0.25, 0.3) is 0 Å². The van der Waals surface area contributed by atoms with Crippen molar-refractivity contribution in [2.45, 2.75) is 36.8 Å². The molecule has 5 heteroatoms. The number of carbonyl (C=O) groups is 1. The van der Waals surface area contributed by atoms with E-state index in [1.165, 1.54) is 11.8 Å². The van der Waals surface area contributed by atoms with E-state index in [0.29, 0.717) is 22.4 Å². The highest BCUT2D eigenvalue weighted by Crippen LogP contribution is 2.28. The number of nitrogens with one attached hydrogen (secondary N) is 1. The molecular weight excluding hydrogens is 270 g/mol. The van der Waals surface area contributed by atoms with Gasteiger partial charge in [-0.3, -0.25) is 4.79 Å². The Morgan fingerprint density at radius 3 is 2.89 bits per heavy atom. The molecule has 3 nitrogen and oxygen atoms in total. The molecule has 2 rings (SSSR count). The average Bonchev–Trinajstić information content (AvgIpc) is 3.10. The highest BCUT2D eigenvalue weighted by atomic mass is 35.5. The zero-order valence-electron chi connectivity index (χ0n) is 10.1. The van der Waals surface area contributed by atoms with Gasteiger partial charge in [-0.25, -0.2) is 0 Å². The van der Waals surface area contributed by atoms with E-state index in [9.17, 15) is 9.90 Å². The van der Waals surface area contributed by atoms with Crippen LogP contribution in [0.1, 0.15) is 31.4 Å². The minimum Gasteiger partial charge on any atom is -0.389 e. The van der Waals surface area contributed by atoms with Gasteiger partial charge < -0.3 is 10.4 Å². The molecule has 0 spiro atoms. The van der Waals surface area contributed by atoms with Gasteiger partial charge in [0, 0.05) is 16.0 Å². The molecule has 1 aromatic carbocycles. The van der Waals surface area contributed by atoms with Gasteiger partial charge in [0.25, 0.3) is 0 Å². The van der Waals surface area contributed by atoms with Crippen LogP contribution < -0.4 is 5.32 Å². The molecular formula is C13H16ClNO2S. The van der Waals surface area contributed by atoms with Gasteiger partial charge in [0.2, 0.25) is 5.91 Å². The van der Waals surface area contributed by atoms with Gasteiger partial charge in [0.1, 0.15) is 0 Å². The van der Waals surface area contributed by atoms with Crippen LogP contribution in [0.2, 0.25) is 5.02 Å². The first-order chi connectivity index (χ1) is 8.56. The van der Waals surface area contributed by atoms with Crippen molar-refractivity contribution in [1.82, 2.24) is 5.32 Å². The van der Waals surface area contributed by atoms with Crippen molar-refractivity contribution < 1.29 is 9.90 Å². The summed E-state index contributed by atoms with van der Waals surface area (Å²) in [5.41, 5.74) is 0.712. The molecule has 0 saturated heterocycles. The largest absolute Gasteiger partial charge is 0.389 e. The Morgan fingerprint density at radius 2 is 2.33 bits per heavy atom. The van der Waals surface area contributed by atoms with Gasteiger partial charge in [-0.2, -0.15) is 0 Å². The fourth-order valence-corrected chi connectivity index (χ4v) is 2.73. The number of thioether (sulfide) groups is 1. The fraction of sp³-hybridized carbons (Fsp3) is 0.462. The third-order valence-corrected chi connectivity index (χ3v) is 4.06. The molecule has 1 amide bonds. The van der Waals surface area contributed by atoms with E-state index >= 15 is 0 Å². The second-order valence-electron chi connectivity index (χ2n) is 4.49. The number of hydrogen-bond donors (Lipinski definition) is 2. The molecule has 1 fully saturated rings. The predicted octanol–water partition coefficient (Wildman–Crippen LogP) is 2.76. The van der Waals surface area contributed by atoms with E-state index < -0.39 is 6.10 Å². The molecule has 2 N–H and O–H groups in total. The SMILES string of the molecule is CC(O)c1ccc(SCC(=O)NC2CC2)cc1Cl. The van der Waals surface area contributed by atoms with Gasteiger partial charge in [-0.05, 0) is 37.5 Å². The van der Waals surface area contributed by atoms with E-state index in [-0.39, 0.29) is 5.91 Å². The molecule has 1 saturated carbocycles. The Kier molecular flexibility index (Phi) is 4.54.